The summed E-state index contributed by atoms with van der Waals surface area (Å²) in [4.78, 5) is 53.7. The molecule has 3 fully saturated rings. The molecule has 66 heavy (non-hydrogen) atoms. The zero-order chi connectivity index (χ0) is 46.4. The Hall–Kier alpha value is -4.12. The van der Waals surface area contributed by atoms with E-state index in [1.54, 1.807) is 20.8 Å². The van der Waals surface area contributed by atoms with Crippen molar-refractivity contribution in [1.29, 1.82) is 0 Å². The number of fused-ring (bicyclic) bond motifs is 4. The minimum absolute atomic E-state index is 0. The molecule has 1 saturated carbocycles. The number of phenols is 1. The topological polar surface area (TPSA) is 229 Å². The molecule has 1 spiro atoms. The van der Waals surface area contributed by atoms with E-state index in [0.29, 0.717) is 76.9 Å². The van der Waals surface area contributed by atoms with E-state index >= 15 is 0 Å². The van der Waals surface area contributed by atoms with E-state index in [1.807, 2.05) is 18.2 Å². The number of carbonyl (C=O) groups excluding carboxylic acids is 3. The number of carbonyl (C=O) groups is 4. The Morgan fingerprint density at radius 3 is 1.86 bits per heavy atom. The summed E-state index contributed by atoms with van der Waals surface area (Å²) in [6, 6.07) is 12.1. The van der Waals surface area contributed by atoms with Crippen LogP contribution in [0.3, 0.4) is 0 Å². The second-order valence-corrected chi connectivity index (χ2v) is 18.4. The van der Waals surface area contributed by atoms with E-state index in [0.717, 1.165) is 59.2 Å². The number of hydrogen-bond acceptors (Lipinski definition) is 15. The number of nitrogens with zero attached hydrogens (tertiary/aromatic N) is 6. The number of benzene rings is 2. The van der Waals surface area contributed by atoms with Crippen LogP contribution in [0.15, 0.2) is 36.4 Å². The molecule has 17 nitrogen and oxygen atoms in total. The van der Waals surface area contributed by atoms with Gasteiger partial charge in [-0.15, -0.1) is 0 Å². The maximum Gasteiger partial charge on any atom is 3.00 e. The summed E-state index contributed by atoms with van der Waals surface area (Å²) < 4.78 is 41.1. The predicted octanol–water partition coefficient (Wildman–Crippen LogP) is -1.84. The van der Waals surface area contributed by atoms with Crippen LogP contribution in [0.25, 0.3) is 10.9 Å². The van der Waals surface area contributed by atoms with Gasteiger partial charge < -0.3 is 59.2 Å². The summed E-state index contributed by atoms with van der Waals surface area (Å²) in [7, 11) is 0. The van der Waals surface area contributed by atoms with E-state index < -0.39 is 47.2 Å². The summed E-state index contributed by atoms with van der Waals surface area (Å²) in [5.41, 5.74) is 3.55. The molecule has 9 rings (SSSR count). The summed E-state index contributed by atoms with van der Waals surface area (Å²) in [5.74, 6) is -5.14. The molecule has 354 valence electrons. The SMILES string of the molecule is O=C(O)C(F)(F)F.O=C([O-])CN1CCN(CCCn2c3c(c4ccccc42)C[C@@]2(O)[C@@H]4Cc5ccc(O)c6c5[C@@]2(CCN4CC2CC2)[C@H]3O6)CCN(CC(=O)[O-])CCN(CC(=O)[O-])CC1.[In+3]. The average Bonchev–Trinajstić information content (AvgIpc) is 3.91. The molecule has 21 heteroatoms. The zero-order valence-corrected chi connectivity index (χ0v) is 39.8. The molecular weight excluding hydrogens is 972 g/mol. The number of aliphatic carboxylic acids is 4. The summed E-state index contributed by atoms with van der Waals surface area (Å²) in [5, 5.41) is 67.8. The molecule has 6 aliphatic rings. The van der Waals surface area contributed by atoms with Crippen molar-refractivity contribution in [2.24, 2.45) is 5.92 Å². The second kappa shape index (κ2) is 19.8. The Kier molecular flexibility index (Phi) is 15.0. The van der Waals surface area contributed by atoms with Crippen LogP contribution in [0.2, 0.25) is 0 Å². The van der Waals surface area contributed by atoms with Gasteiger partial charge in [-0.3, -0.25) is 19.6 Å². The molecule has 3 aromatic rings. The van der Waals surface area contributed by atoms with Crippen LogP contribution in [-0.4, -0.2) is 204 Å². The molecule has 0 amide bonds. The van der Waals surface area contributed by atoms with Crippen molar-refractivity contribution in [2.75, 3.05) is 91.6 Å². The number of para-hydroxylation sites is 1. The van der Waals surface area contributed by atoms with E-state index in [2.05, 4.69) is 26.5 Å². The van der Waals surface area contributed by atoms with Crippen molar-refractivity contribution >= 4 is 60.6 Å². The van der Waals surface area contributed by atoms with Crippen LogP contribution in [0.4, 0.5) is 13.2 Å². The Bertz CT molecular complexity index is 2280. The number of aromatic hydroxyl groups is 1. The van der Waals surface area contributed by atoms with Crippen molar-refractivity contribution < 1.29 is 67.7 Å². The normalized spacial score (nSPS) is 26.1. The molecule has 1 aromatic heterocycles. The third kappa shape index (κ3) is 9.89. The molecule has 4 heterocycles. The van der Waals surface area contributed by atoms with Gasteiger partial charge in [0.1, 0.15) is 0 Å². The van der Waals surface area contributed by atoms with Crippen LogP contribution in [0.5, 0.6) is 11.5 Å². The third-order valence-electron chi connectivity index (χ3n) is 14.4. The maximum atomic E-state index is 13.4. The van der Waals surface area contributed by atoms with Gasteiger partial charge >= 0.3 is 38.0 Å². The Morgan fingerprint density at radius 2 is 1.33 bits per heavy atom. The van der Waals surface area contributed by atoms with Gasteiger partial charge in [-0.05, 0) is 74.4 Å². The van der Waals surface area contributed by atoms with Crippen LogP contribution in [0.1, 0.15) is 54.2 Å². The van der Waals surface area contributed by atoms with Crippen LogP contribution >= 0.6 is 0 Å². The number of rotatable bonds is 12. The third-order valence-corrected chi connectivity index (χ3v) is 14.4. The standard InChI is InChI=1S/C43H56N6O9.C2HF3O2.In/c50-33-9-8-29-22-34-43(57)23-31-30-4-1-2-5-32(30)49(39(31)41-42(43,38(29)40(33)58-41)10-13-48(34)24-28-6-7-28)12-3-11-44-14-16-45(25-35(51)52)18-20-47(27-37(55)56)21-19-46(17-15-44)26-36(53)54;3-2(4,5)1(6)7;/h1-2,4-5,8-9,28,34,41,50,57H,3,6-7,10-27H2,(H,51,52)(H,53,54)(H,55,56);(H,6,7);/q;;+3/p-3/t34-,41-,42-,43+;;/m0../s1. The average molecular weight is 1030 g/mol. The number of aryl methyl sites for hydroxylation is 1. The van der Waals surface area contributed by atoms with E-state index in [1.165, 1.54) is 12.8 Å². The minimum Gasteiger partial charge on any atom is -0.549 e. The van der Waals surface area contributed by atoms with E-state index in [4.69, 9.17) is 14.6 Å². The summed E-state index contributed by atoms with van der Waals surface area (Å²) >= 11 is 0. The molecule has 0 radical (unpaired) electrons. The second-order valence-electron chi connectivity index (χ2n) is 18.4. The smallest absolute Gasteiger partial charge is 0.549 e. The van der Waals surface area contributed by atoms with E-state index in [9.17, 15) is 53.1 Å². The quantitative estimate of drug-likeness (QED) is 0.181. The van der Waals surface area contributed by atoms with Crippen molar-refractivity contribution in [2.45, 2.75) is 74.4 Å². The predicted molar refractivity (Wildman–Crippen MR) is 225 cm³/mol. The molecule has 2 saturated heterocycles. The molecular formula is C45H54F3InN6O11. The van der Waals surface area contributed by atoms with Crippen LogP contribution in [0, 0.1) is 5.92 Å². The number of hydrogen-bond donors (Lipinski definition) is 3. The molecule has 0 unspecified atom stereocenters. The number of halogens is 3. The first-order valence-corrected chi connectivity index (χ1v) is 22.3. The van der Waals surface area contributed by atoms with Crippen molar-refractivity contribution in [3.05, 3.63) is 58.8 Å². The zero-order valence-electron chi connectivity index (χ0n) is 36.5. The number of ether oxygens (including phenoxy) is 1. The van der Waals surface area contributed by atoms with Crippen molar-refractivity contribution in [3.63, 3.8) is 0 Å². The molecule has 2 bridgehead atoms. The first kappa shape index (κ1) is 49.8. The fourth-order valence-corrected chi connectivity index (χ4v) is 11.3. The van der Waals surface area contributed by atoms with Gasteiger partial charge in [0.15, 0.2) is 17.6 Å². The van der Waals surface area contributed by atoms with E-state index in [-0.39, 0.29) is 70.4 Å². The fraction of sp³-hybridized carbons (Fsp3) is 0.600. The molecule has 3 aliphatic carbocycles. The fourth-order valence-electron chi connectivity index (χ4n) is 11.3. The van der Waals surface area contributed by atoms with Gasteiger partial charge in [-0.1, -0.05) is 24.3 Å². The molecule has 2 aromatic carbocycles. The number of carboxylic acids is 4. The monoisotopic (exact) mass is 1030 g/mol. The van der Waals surface area contributed by atoms with Gasteiger partial charge in [0.05, 0.1) is 34.6 Å². The van der Waals surface area contributed by atoms with Gasteiger partial charge in [-0.25, -0.2) is 4.79 Å². The van der Waals surface area contributed by atoms with Gasteiger partial charge in [0.25, 0.3) is 0 Å². The number of piperidine rings is 1. The van der Waals surface area contributed by atoms with Crippen LogP contribution in [-0.2, 0) is 44.0 Å². The number of phenolic OH excluding ortho intramolecular Hbond substituents is 1. The largest absolute Gasteiger partial charge is 3.00 e. The number of carboxylic acid groups (broad SMARTS) is 4. The summed E-state index contributed by atoms with van der Waals surface area (Å²) in [6.07, 6.45) is -0.441. The molecule has 4 atom stereocenters. The van der Waals surface area contributed by atoms with Gasteiger partial charge in [0.2, 0.25) is 0 Å². The molecule has 3 aliphatic heterocycles. The van der Waals surface area contributed by atoms with Gasteiger partial charge in [-0.2, -0.15) is 13.2 Å². The number of likely N-dealkylation sites (tertiary alicyclic amines) is 1. The number of aromatic nitrogens is 1. The first-order valence-electron chi connectivity index (χ1n) is 22.3. The summed E-state index contributed by atoms with van der Waals surface area (Å²) in [6.45, 7) is 5.16. The molecule has 3 N–H and O–H groups in total. The van der Waals surface area contributed by atoms with Crippen LogP contribution < -0.4 is 20.1 Å². The maximum absolute atomic E-state index is 13.4. The first-order chi connectivity index (χ1) is 30.9. The number of aliphatic hydroxyl groups is 1. The minimum atomic E-state index is -5.08. The Morgan fingerprint density at radius 1 is 0.788 bits per heavy atom. The number of alkyl halides is 3. The van der Waals surface area contributed by atoms with Gasteiger partial charge in [0, 0.05) is 114 Å². The Labute approximate surface area is 398 Å². The Balaban J connectivity index is 0.000000752. The van der Waals surface area contributed by atoms with Crippen molar-refractivity contribution in [3.8, 4) is 11.5 Å². The van der Waals surface area contributed by atoms with Crippen molar-refractivity contribution in [1.82, 2.24) is 29.1 Å².